The van der Waals surface area contributed by atoms with E-state index >= 15 is 0 Å². The second-order valence-corrected chi connectivity index (χ2v) is 34.2. The van der Waals surface area contributed by atoms with Gasteiger partial charge >= 0.3 is 0 Å². The first-order valence-corrected chi connectivity index (χ1v) is 41.2. The predicted molar refractivity (Wildman–Crippen MR) is 405 cm³/mol. The molecule has 3 fully saturated rings. The minimum absolute atomic E-state index is 0.0228. The molecule has 8 aromatic rings. The molecule has 18 heteroatoms. The van der Waals surface area contributed by atoms with Crippen molar-refractivity contribution in [3.8, 4) is 0 Å². The van der Waals surface area contributed by atoms with E-state index in [4.69, 9.17) is 66.3 Å². The third kappa shape index (κ3) is 25.2. The molecule has 0 radical (unpaired) electrons. The summed E-state index contributed by atoms with van der Waals surface area (Å²) >= 11 is 0. The fourth-order valence-electron chi connectivity index (χ4n) is 13.2. The molecule has 0 bridgehead atoms. The lowest BCUT2D eigenvalue weighted by Crippen LogP contribution is -2.69. The Morgan fingerprint density at radius 3 is 1.11 bits per heavy atom. The first-order valence-electron chi connectivity index (χ1n) is 37.5. The molecule has 0 unspecified atom stereocenters. The highest BCUT2D eigenvalue weighted by Crippen LogP contribution is 2.39. The fourth-order valence-corrected chi connectivity index (χ4v) is 14.0. The maximum absolute atomic E-state index is 14.8. The minimum atomic E-state index is -1.65. The molecule has 0 aromatic heterocycles. The summed E-state index contributed by atoms with van der Waals surface area (Å²) in [4.78, 5) is 14.8. The summed E-state index contributed by atoms with van der Waals surface area (Å²) in [6.45, 7) is 10.8. The van der Waals surface area contributed by atoms with E-state index in [0.717, 1.165) is 76.2 Å². The van der Waals surface area contributed by atoms with Crippen LogP contribution in [-0.2, 0) is 124 Å². The summed E-state index contributed by atoms with van der Waals surface area (Å²) in [6, 6.07) is 79.0. The molecule has 0 saturated carbocycles. The van der Waals surface area contributed by atoms with Crippen LogP contribution in [-0.4, -0.2) is 138 Å². The van der Waals surface area contributed by atoms with Crippen molar-refractivity contribution in [2.75, 3.05) is 26.4 Å². The first kappa shape index (κ1) is 78.9. The normalized spacial score (nSPS) is 24.8. The summed E-state index contributed by atoms with van der Waals surface area (Å²) in [7, 11) is -1.65. The molecule has 3 heterocycles. The smallest absolute Gasteiger partial charge is 0.220 e. The lowest BCUT2D eigenvalue weighted by atomic mass is 9.94. The third-order valence-electron chi connectivity index (χ3n) is 19.0. The van der Waals surface area contributed by atoms with Crippen molar-refractivity contribution in [1.29, 1.82) is 0 Å². The van der Waals surface area contributed by atoms with E-state index in [1.54, 1.807) is 0 Å². The van der Waals surface area contributed by atoms with E-state index in [-0.39, 0.29) is 85.0 Å². The molecule has 0 spiro atoms. The molecule has 0 aliphatic carbocycles. The van der Waals surface area contributed by atoms with Gasteiger partial charge < -0.3 is 76.7 Å². The summed E-state index contributed by atoms with van der Waals surface area (Å²) in [6.07, 6.45) is -10.6. The van der Waals surface area contributed by atoms with Crippen molar-refractivity contribution >= 4 is 14.0 Å². The van der Waals surface area contributed by atoms with E-state index < -0.39 is 100 Å². The second kappa shape index (κ2) is 42.4. The number of carbonyl (C=O) groups is 1. The van der Waals surface area contributed by atoms with Crippen molar-refractivity contribution in [2.24, 2.45) is 0 Å². The molecular weight excluding hydrogens is 1340 g/mol. The Balaban J connectivity index is 1.05. The Kier molecular flexibility index (Phi) is 31.9. The van der Waals surface area contributed by atoms with Gasteiger partial charge in [0.1, 0.15) is 73.2 Å². The van der Waals surface area contributed by atoms with Crippen molar-refractivity contribution < 1.29 is 76.2 Å². The van der Waals surface area contributed by atoms with Crippen LogP contribution in [0, 0.1) is 0 Å². The number of nitrogens with one attached hydrogen (secondary N) is 1. The predicted octanol–water partition coefficient (Wildman–Crippen LogP) is 15.1. The van der Waals surface area contributed by atoms with Crippen LogP contribution in [0.15, 0.2) is 243 Å². The van der Waals surface area contributed by atoms with E-state index in [1.165, 1.54) is 0 Å². The average Bonchev–Trinajstić information content (AvgIpc) is 0.762. The number of ether oxygens (including phenoxy) is 14. The highest BCUT2D eigenvalue weighted by Gasteiger charge is 2.57. The largest absolute Gasteiger partial charge is 0.388 e. The molecule has 1 amide bonds. The SMILES string of the molecule is CCCCCCCC(=O)N[C@H]1[C@H](O[C@H]2[C@@H](OCc3ccccc3)[C@@H](COCc3ccccc3)O[C@@H](O[C@H]3[C@H](OCc4ccccc4)[C@@H](OCc4ccccc4)[C@H](OCC[Si](C)(C)C)O[C@@H]3COCc3ccccc3)[C@@H]2OCc2ccccc2)O[C@H](COCc2ccccc2)[C@@H](O)[C@@H]1OCc1ccccc1. The number of aliphatic hydroxyl groups is 1. The van der Waals surface area contributed by atoms with Crippen LogP contribution in [0.4, 0.5) is 0 Å². The van der Waals surface area contributed by atoms with Crippen molar-refractivity contribution in [2.45, 2.75) is 216 Å². The van der Waals surface area contributed by atoms with Gasteiger partial charge in [0.15, 0.2) is 18.9 Å². The quantitative estimate of drug-likeness (QED) is 0.0272. The Bertz CT molecular complexity index is 3650. The number of carbonyl (C=O) groups excluding carboxylic acids is 1. The van der Waals surface area contributed by atoms with Crippen molar-refractivity contribution in [1.82, 2.24) is 5.32 Å². The van der Waals surface area contributed by atoms with Crippen LogP contribution < -0.4 is 5.32 Å². The van der Waals surface area contributed by atoms with Crippen LogP contribution in [0.1, 0.15) is 90.0 Å². The highest BCUT2D eigenvalue weighted by molar-refractivity contribution is 6.76. The monoisotopic (exact) mass is 1450 g/mol. The van der Waals surface area contributed by atoms with Crippen LogP contribution in [0.5, 0.6) is 0 Å². The van der Waals surface area contributed by atoms with Gasteiger partial charge in [-0.3, -0.25) is 4.79 Å². The molecular formula is C87H107NO16Si. The number of benzene rings is 8. The number of hydrogen-bond donors (Lipinski definition) is 2. The van der Waals surface area contributed by atoms with Crippen LogP contribution in [0.25, 0.3) is 0 Å². The third-order valence-corrected chi connectivity index (χ3v) is 20.7. The van der Waals surface area contributed by atoms with Gasteiger partial charge in [-0.15, -0.1) is 0 Å². The zero-order valence-electron chi connectivity index (χ0n) is 61.3. The Hall–Kier alpha value is -7.15. The van der Waals surface area contributed by atoms with Crippen LogP contribution in [0.2, 0.25) is 25.7 Å². The molecule has 3 saturated heterocycles. The molecule has 3 aliphatic heterocycles. The number of aliphatic hydroxyl groups excluding tert-OH is 1. The number of rotatable bonds is 42. The number of unbranched alkanes of at least 4 members (excludes halogenated alkanes) is 4. The standard InChI is InChI=1S/C87H107NO16Si/c1-5-6-7-8-33-50-75(89)88-76-80(96-57-68-42-25-13-26-43-68)77(90)72(61-91-53-64-34-17-9-18-35-64)100-85(76)104-82-78(95-56-67-40-23-12-24-41-67)73(62-92-54-65-36-19-10-20-37-65)102-87(84(82)99-60-71-48-31-16-32-49-71)103-79-74(63-93-55-66-38-21-11-22-39-66)101-86(94-51-52-105(2,3)4)83(98-59-70-46-29-15-30-47-70)81(79)97-58-69-44-27-14-28-45-69/h9-32,34-49,72-74,76-87,90H,5-8,33,50-63H2,1-4H3,(H,88,89)/t72-,73-,74-,76-,77-,78+,79-,80-,81+,82+,83-,84-,85+,86-,87+/m1/s1. The van der Waals surface area contributed by atoms with Gasteiger partial charge in [-0.25, -0.2) is 0 Å². The number of hydrogen-bond acceptors (Lipinski definition) is 16. The van der Waals surface area contributed by atoms with Crippen molar-refractivity contribution in [3.63, 3.8) is 0 Å². The molecule has 11 rings (SSSR count). The average molecular weight is 1450 g/mol. The topological polar surface area (TPSA) is 179 Å². The summed E-state index contributed by atoms with van der Waals surface area (Å²) in [5, 5.41) is 16.2. The lowest BCUT2D eigenvalue weighted by molar-refractivity contribution is -0.389. The zero-order valence-corrected chi connectivity index (χ0v) is 62.3. The molecule has 105 heavy (non-hydrogen) atoms. The van der Waals surface area contributed by atoms with Gasteiger partial charge in [0, 0.05) is 21.1 Å². The van der Waals surface area contributed by atoms with Gasteiger partial charge in [-0.05, 0) is 57.0 Å². The highest BCUT2D eigenvalue weighted by atomic mass is 28.3. The van der Waals surface area contributed by atoms with Gasteiger partial charge in [0.25, 0.3) is 0 Å². The molecule has 17 nitrogen and oxygen atoms in total. The lowest BCUT2D eigenvalue weighted by Gasteiger charge is -2.52. The number of amides is 1. The fraction of sp³-hybridized carbons (Fsp3) is 0.437. The maximum Gasteiger partial charge on any atom is 0.220 e. The molecule has 3 aliphatic rings. The van der Waals surface area contributed by atoms with E-state index in [1.807, 2.05) is 243 Å². The zero-order chi connectivity index (χ0) is 72.7. The minimum Gasteiger partial charge on any atom is -0.388 e. The van der Waals surface area contributed by atoms with Crippen molar-refractivity contribution in [3.05, 3.63) is 287 Å². The van der Waals surface area contributed by atoms with E-state index in [9.17, 15) is 9.90 Å². The van der Waals surface area contributed by atoms with Gasteiger partial charge in [0.05, 0.1) is 72.7 Å². The van der Waals surface area contributed by atoms with Crippen LogP contribution in [0.3, 0.4) is 0 Å². The second-order valence-electron chi connectivity index (χ2n) is 28.6. The maximum atomic E-state index is 14.8. The van der Waals surface area contributed by atoms with Gasteiger partial charge in [-0.2, -0.15) is 0 Å². The van der Waals surface area contributed by atoms with E-state index in [0.29, 0.717) is 13.0 Å². The molecule has 15 atom stereocenters. The van der Waals surface area contributed by atoms with Gasteiger partial charge in [0.2, 0.25) is 5.91 Å². The Morgan fingerprint density at radius 1 is 0.362 bits per heavy atom. The molecule has 2 N–H and O–H groups in total. The molecule has 560 valence electrons. The first-order chi connectivity index (χ1) is 51.5. The van der Waals surface area contributed by atoms with Gasteiger partial charge in [-0.1, -0.05) is 295 Å². The molecule has 8 aromatic carbocycles. The van der Waals surface area contributed by atoms with Crippen LogP contribution >= 0.6 is 0 Å². The van der Waals surface area contributed by atoms with E-state index in [2.05, 4.69) is 31.9 Å². The Morgan fingerprint density at radius 2 is 0.695 bits per heavy atom. The summed E-state index contributed by atoms with van der Waals surface area (Å²) in [5.41, 5.74) is 7.29. The summed E-state index contributed by atoms with van der Waals surface area (Å²) < 4.78 is 101. The summed E-state index contributed by atoms with van der Waals surface area (Å²) in [5.74, 6) is -0.256. The Labute approximate surface area is 622 Å².